The molecule has 2 aromatic heterocycles. The number of carboxylic acid groups (broad SMARTS) is 1. The first kappa shape index (κ1) is 14.2. The maximum atomic E-state index is 13.7. The maximum Gasteiger partial charge on any atom is 0.341 e. The van der Waals surface area contributed by atoms with Crippen molar-refractivity contribution in [1.29, 1.82) is 0 Å². The van der Waals surface area contributed by atoms with Crippen molar-refractivity contribution in [1.82, 2.24) is 9.55 Å². The van der Waals surface area contributed by atoms with Gasteiger partial charge >= 0.3 is 5.97 Å². The second-order valence-corrected chi connectivity index (χ2v) is 4.95. The summed E-state index contributed by atoms with van der Waals surface area (Å²) in [5, 5.41) is 8.95. The first-order valence-electron chi connectivity index (χ1n) is 6.17. The van der Waals surface area contributed by atoms with Crippen LogP contribution in [0.4, 0.5) is 4.39 Å². The fourth-order valence-electron chi connectivity index (χ4n) is 2.18. The minimum Gasteiger partial charge on any atom is -0.477 e. The Morgan fingerprint density at radius 2 is 2.14 bits per heavy atom. The molecule has 0 bridgehead atoms. The summed E-state index contributed by atoms with van der Waals surface area (Å²) in [6.45, 7) is 0. The highest BCUT2D eigenvalue weighted by Gasteiger charge is 2.17. The summed E-state index contributed by atoms with van der Waals surface area (Å²) in [5.74, 6) is -2.17. The number of aromatic carboxylic acids is 1. The molecule has 0 aliphatic rings. The zero-order valence-corrected chi connectivity index (χ0v) is 11.7. The first-order valence-corrected chi connectivity index (χ1v) is 6.55. The predicted molar refractivity (Wildman–Crippen MR) is 79.3 cm³/mol. The third kappa shape index (κ3) is 2.23. The Morgan fingerprint density at radius 3 is 2.77 bits per heavy atom. The van der Waals surface area contributed by atoms with Gasteiger partial charge in [-0.2, -0.15) is 0 Å². The summed E-state index contributed by atoms with van der Waals surface area (Å²) in [4.78, 5) is 27.4. The number of halogens is 2. The highest BCUT2D eigenvalue weighted by Crippen LogP contribution is 2.23. The highest BCUT2D eigenvalue weighted by atomic mass is 35.5. The molecule has 2 heterocycles. The molecule has 110 valence electrons. The van der Waals surface area contributed by atoms with Crippen molar-refractivity contribution in [3.63, 3.8) is 0 Å². The van der Waals surface area contributed by atoms with E-state index in [-0.39, 0.29) is 10.4 Å². The summed E-state index contributed by atoms with van der Waals surface area (Å²) in [5.41, 5.74) is -0.400. The lowest BCUT2D eigenvalue weighted by Gasteiger charge is -2.12. The molecule has 1 aromatic carbocycles. The van der Waals surface area contributed by atoms with Crippen LogP contribution in [0.3, 0.4) is 0 Å². The third-order valence-corrected chi connectivity index (χ3v) is 3.49. The van der Waals surface area contributed by atoms with Crippen molar-refractivity contribution in [2.24, 2.45) is 0 Å². The second-order valence-electron chi connectivity index (χ2n) is 4.54. The molecule has 0 saturated carbocycles. The van der Waals surface area contributed by atoms with Crippen LogP contribution in [0.5, 0.6) is 0 Å². The zero-order valence-electron chi connectivity index (χ0n) is 11.0. The molecule has 3 aromatic rings. The van der Waals surface area contributed by atoms with Gasteiger partial charge in [0.05, 0.1) is 22.4 Å². The van der Waals surface area contributed by atoms with Crippen LogP contribution in [-0.4, -0.2) is 20.6 Å². The van der Waals surface area contributed by atoms with E-state index in [9.17, 15) is 19.1 Å². The monoisotopic (exact) mass is 318 g/mol. The summed E-state index contributed by atoms with van der Waals surface area (Å²) < 4.78 is 15.1. The van der Waals surface area contributed by atoms with Gasteiger partial charge in [-0.3, -0.25) is 9.78 Å². The van der Waals surface area contributed by atoms with E-state index >= 15 is 0 Å². The van der Waals surface area contributed by atoms with Crippen LogP contribution < -0.4 is 5.43 Å². The van der Waals surface area contributed by atoms with Crippen molar-refractivity contribution < 1.29 is 14.3 Å². The molecule has 0 aliphatic heterocycles. The molecular weight excluding hydrogens is 311 g/mol. The molecule has 0 fully saturated rings. The maximum absolute atomic E-state index is 13.7. The first-order chi connectivity index (χ1) is 10.5. The Morgan fingerprint density at radius 1 is 1.36 bits per heavy atom. The molecule has 0 saturated heterocycles. The number of fused-ring (bicyclic) bond motifs is 1. The van der Waals surface area contributed by atoms with Crippen molar-refractivity contribution in [3.8, 4) is 5.69 Å². The molecule has 0 spiro atoms. The summed E-state index contributed by atoms with van der Waals surface area (Å²) in [6, 6.07) is 5.57. The molecule has 0 aliphatic carbocycles. The zero-order chi connectivity index (χ0) is 15.9. The van der Waals surface area contributed by atoms with E-state index < -0.39 is 22.8 Å². The van der Waals surface area contributed by atoms with Gasteiger partial charge in [-0.25, -0.2) is 9.18 Å². The van der Waals surface area contributed by atoms with Gasteiger partial charge in [-0.1, -0.05) is 11.6 Å². The summed E-state index contributed by atoms with van der Waals surface area (Å²) >= 11 is 5.78. The molecule has 0 atom stereocenters. The lowest BCUT2D eigenvalue weighted by atomic mass is 10.1. The van der Waals surface area contributed by atoms with Gasteiger partial charge in [0.25, 0.3) is 0 Å². The molecule has 22 heavy (non-hydrogen) atoms. The van der Waals surface area contributed by atoms with E-state index in [4.69, 9.17) is 11.6 Å². The number of aromatic nitrogens is 2. The van der Waals surface area contributed by atoms with Gasteiger partial charge in [-0.05, 0) is 24.3 Å². The number of rotatable bonds is 2. The van der Waals surface area contributed by atoms with Crippen LogP contribution in [0.1, 0.15) is 10.4 Å². The topological polar surface area (TPSA) is 72.2 Å². The van der Waals surface area contributed by atoms with Crippen molar-refractivity contribution in [2.75, 3.05) is 0 Å². The molecule has 1 N–H and O–H groups in total. The van der Waals surface area contributed by atoms with Crippen molar-refractivity contribution >= 4 is 28.5 Å². The van der Waals surface area contributed by atoms with Crippen LogP contribution in [0.2, 0.25) is 5.02 Å². The number of hydrogen-bond donors (Lipinski definition) is 1. The van der Waals surface area contributed by atoms with Crippen molar-refractivity contribution in [2.45, 2.75) is 0 Å². The number of carboxylic acids is 1. The average Bonchev–Trinajstić information content (AvgIpc) is 2.50. The Labute approximate surface area is 128 Å². The minimum atomic E-state index is -1.39. The fourth-order valence-corrected chi connectivity index (χ4v) is 2.34. The van der Waals surface area contributed by atoms with E-state index in [0.29, 0.717) is 11.2 Å². The summed E-state index contributed by atoms with van der Waals surface area (Å²) in [7, 11) is 0. The fraction of sp³-hybridized carbons (Fsp3) is 0. The standard InChI is InChI=1S/C15H8ClFN2O3/c16-11-5-13-9(4-12(11)17)14(20)10(15(21)22)7-19(13)8-2-1-3-18-6-8/h1-7H,(H,21,22). The second kappa shape index (κ2) is 5.23. The van der Waals surface area contributed by atoms with E-state index in [1.54, 1.807) is 18.3 Å². The van der Waals surface area contributed by atoms with Gasteiger partial charge in [0.1, 0.15) is 11.4 Å². The third-order valence-electron chi connectivity index (χ3n) is 3.20. The lowest BCUT2D eigenvalue weighted by molar-refractivity contribution is 0.0695. The molecule has 0 unspecified atom stereocenters. The molecule has 0 amide bonds. The van der Waals surface area contributed by atoms with Crippen LogP contribution in [0, 0.1) is 5.82 Å². The normalized spacial score (nSPS) is 10.8. The highest BCUT2D eigenvalue weighted by molar-refractivity contribution is 6.31. The molecule has 7 heteroatoms. The number of hydrogen-bond acceptors (Lipinski definition) is 3. The van der Waals surface area contributed by atoms with E-state index in [2.05, 4.69) is 4.98 Å². The molecule has 5 nitrogen and oxygen atoms in total. The quantitative estimate of drug-likeness (QED) is 0.788. The minimum absolute atomic E-state index is 0.0642. The summed E-state index contributed by atoms with van der Waals surface area (Å²) in [6.07, 6.45) is 4.23. The van der Waals surface area contributed by atoms with Gasteiger partial charge in [0.15, 0.2) is 0 Å². The van der Waals surface area contributed by atoms with Crippen molar-refractivity contribution in [3.05, 3.63) is 69.5 Å². The van der Waals surface area contributed by atoms with Gasteiger partial charge < -0.3 is 9.67 Å². The van der Waals surface area contributed by atoms with E-state index in [0.717, 1.165) is 6.07 Å². The van der Waals surface area contributed by atoms with E-state index in [1.165, 1.54) is 23.0 Å². The van der Waals surface area contributed by atoms with Gasteiger partial charge in [0, 0.05) is 17.8 Å². The predicted octanol–water partition coefficient (Wildman–Crippen LogP) is 2.88. The Hall–Kier alpha value is -2.73. The SMILES string of the molecule is O=C(O)c1cn(-c2cccnc2)c2cc(Cl)c(F)cc2c1=O. The average molecular weight is 319 g/mol. The lowest BCUT2D eigenvalue weighted by Crippen LogP contribution is -2.18. The van der Waals surface area contributed by atoms with Gasteiger partial charge in [0.2, 0.25) is 5.43 Å². The Balaban J connectivity index is 2.50. The van der Waals surface area contributed by atoms with Gasteiger partial charge in [-0.15, -0.1) is 0 Å². The number of pyridine rings is 2. The number of carbonyl (C=O) groups is 1. The van der Waals surface area contributed by atoms with E-state index in [1.807, 2.05) is 0 Å². The molecule has 3 rings (SSSR count). The molecule has 0 radical (unpaired) electrons. The van der Waals surface area contributed by atoms with Crippen LogP contribution in [-0.2, 0) is 0 Å². The van der Waals surface area contributed by atoms with Crippen LogP contribution >= 0.6 is 11.6 Å². The molecular formula is C15H8ClFN2O3. The van der Waals surface area contributed by atoms with Crippen LogP contribution in [0.15, 0.2) is 47.7 Å². The smallest absolute Gasteiger partial charge is 0.341 e. The van der Waals surface area contributed by atoms with Crippen LogP contribution in [0.25, 0.3) is 16.6 Å². The largest absolute Gasteiger partial charge is 0.477 e. The number of nitrogens with zero attached hydrogens (tertiary/aromatic N) is 2. The Kier molecular flexibility index (Phi) is 3.38. The Bertz CT molecular complexity index is 954. The number of benzene rings is 1.